The Bertz CT molecular complexity index is 418. The van der Waals surface area contributed by atoms with Crippen molar-refractivity contribution in [2.75, 3.05) is 13.1 Å². The molecule has 0 heterocycles. The number of rotatable bonds is 10. The summed E-state index contributed by atoms with van der Waals surface area (Å²) in [5, 5.41) is 17.4. The van der Waals surface area contributed by atoms with E-state index in [1.807, 2.05) is 0 Å². The van der Waals surface area contributed by atoms with E-state index in [2.05, 4.69) is 27.7 Å². The van der Waals surface area contributed by atoms with Gasteiger partial charge in [-0.25, -0.2) is 0 Å². The van der Waals surface area contributed by atoms with Crippen molar-refractivity contribution in [2.45, 2.75) is 72.6 Å². The molecule has 0 amide bonds. The lowest BCUT2D eigenvalue weighted by molar-refractivity contribution is -0.140. The van der Waals surface area contributed by atoms with Gasteiger partial charge in [-0.05, 0) is 61.4 Å². The Hall–Kier alpha value is -1.14. The Kier molecular flexibility index (Phi) is 11.7. The van der Waals surface area contributed by atoms with Crippen molar-refractivity contribution < 1.29 is 19.8 Å². The van der Waals surface area contributed by atoms with Crippen molar-refractivity contribution >= 4 is 11.9 Å². The van der Waals surface area contributed by atoms with Crippen LogP contribution in [-0.2, 0) is 9.59 Å². The van der Waals surface area contributed by atoms with E-state index in [0.717, 1.165) is 32.1 Å². The largest absolute Gasteiger partial charge is 0.481 e. The Morgan fingerprint density at radius 2 is 1.65 bits per heavy atom. The Morgan fingerprint density at radius 3 is 2.00 bits per heavy atom. The molecule has 0 aromatic rings. The molecule has 1 aliphatic rings. The Labute approximate surface area is 158 Å². The van der Waals surface area contributed by atoms with Crippen LogP contribution in [0, 0.1) is 29.1 Å². The van der Waals surface area contributed by atoms with Gasteiger partial charge in [0.2, 0.25) is 0 Å². The van der Waals surface area contributed by atoms with E-state index in [4.69, 9.17) is 21.7 Å². The van der Waals surface area contributed by atoms with Crippen molar-refractivity contribution in [3.05, 3.63) is 0 Å². The predicted octanol–water partition coefficient (Wildman–Crippen LogP) is 3.33. The molecule has 0 aromatic heterocycles. The summed E-state index contributed by atoms with van der Waals surface area (Å²) in [4.78, 5) is 21.1. The van der Waals surface area contributed by atoms with Crippen LogP contribution in [-0.4, -0.2) is 35.2 Å². The van der Waals surface area contributed by atoms with Crippen LogP contribution in [0.15, 0.2) is 0 Å². The minimum atomic E-state index is -0.737. The molecule has 4 atom stereocenters. The molecule has 6 heteroatoms. The number of carbonyl (C=O) groups is 2. The van der Waals surface area contributed by atoms with E-state index in [-0.39, 0.29) is 24.2 Å². The van der Waals surface area contributed by atoms with Crippen LogP contribution in [0.3, 0.4) is 0 Å². The molecule has 0 spiro atoms. The summed E-state index contributed by atoms with van der Waals surface area (Å²) in [6, 6.07) is 0. The quantitative estimate of drug-likeness (QED) is 0.466. The van der Waals surface area contributed by atoms with Crippen molar-refractivity contribution in [3.8, 4) is 0 Å². The maximum absolute atomic E-state index is 10.7. The van der Waals surface area contributed by atoms with Crippen molar-refractivity contribution in [1.29, 1.82) is 0 Å². The van der Waals surface area contributed by atoms with Crippen molar-refractivity contribution in [1.82, 2.24) is 0 Å². The molecule has 1 rings (SSSR count). The average molecular weight is 373 g/mol. The van der Waals surface area contributed by atoms with Crippen LogP contribution in [0.2, 0.25) is 0 Å². The zero-order valence-electron chi connectivity index (χ0n) is 17.0. The summed E-state index contributed by atoms with van der Waals surface area (Å²) in [5.41, 5.74) is 11.1. The molecule has 6 N–H and O–H groups in total. The highest BCUT2D eigenvalue weighted by molar-refractivity contribution is 5.68. The zero-order chi connectivity index (χ0) is 20.3. The lowest BCUT2D eigenvalue weighted by atomic mass is 9.82. The minimum Gasteiger partial charge on any atom is -0.481 e. The SMILES string of the molecule is CCC[C@@H](C)C[C@H](CN)CC(=O)O.C[C@H]1CC(CN)(CC(=O)O)C[C@@H]1C. The maximum atomic E-state index is 10.7. The van der Waals surface area contributed by atoms with Crippen molar-refractivity contribution in [3.63, 3.8) is 0 Å². The summed E-state index contributed by atoms with van der Waals surface area (Å²) in [6.07, 6.45) is 5.65. The van der Waals surface area contributed by atoms with Gasteiger partial charge in [-0.15, -0.1) is 0 Å². The van der Waals surface area contributed by atoms with E-state index in [1.165, 1.54) is 0 Å². The van der Waals surface area contributed by atoms with Gasteiger partial charge < -0.3 is 21.7 Å². The maximum Gasteiger partial charge on any atom is 0.303 e. The fourth-order valence-electron chi connectivity index (χ4n) is 4.25. The molecule has 1 aliphatic carbocycles. The zero-order valence-corrected chi connectivity index (χ0v) is 17.0. The first-order valence-corrected chi connectivity index (χ1v) is 9.92. The fourth-order valence-corrected chi connectivity index (χ4v) is 4.25. The van der Waals surface area contributed by atoms with E-state index in [9.17, 15) is 9.59 Å². The first kappa shape index (κ1) is 24.9. The van der Waals surface area contributed by atoms with E-state index >= 15 is 0 Å². The highest BCUT2D eigenvalue weighted by Gasteiger charge is 2.41. The summed E-state index contributed by atoms with van der Waals surface area (Å²) in [7, 11) is 0. The molecule has 154 valence electrons. The molecular weight excluding hydrogens is 332 g/mol. The second-order valence-electron chi connectivity index (χ2n) is 8.47. The molecule has 0 aromatic carbocycles. The van der Waals surface area contributed by atoms with Gasteiger partial charge in [0.15, 0.2) is 0 Å². The van der Waals surface area contributed by atoms with Gasteiger partial charge in [-0.1, -0.05) is 40.5 Å². The first-order chi connectivity index (χ1) is 12.1. The summed E-state index contributed by atoms with van der Waals surface area (Å²) < 4.78 is 0. The molecule has 0 bridgehead atoms. The summed E-state index contributed by atoms with van der Waals surface area (Å²) in [5.74, 6) is 0.522. The van der Waals surface area contributed by atoms with Gasteiger partial charge >= 0.3 is 11.9 Å². The predicted molar refractivity (Wildman–Crippen MR) is 105 cm³/mol. The highest BCUT2D eigenvalue weighted by Crippen LogP contribution is 2.46. The van der Waals surface area contributed by atoms with Crippen molar-refractivity contribution in [2.24, 2.45) is 40.6 Å². The van der Waals surface area contributed by atoms with Crippen LogP contribution in [0.4, 0.5) is 0 Å². The molecule has 0 saturated heterocycles. The van der Waals surface area contributed by atoms with Crippen LogP contribution in [0.25, 0.3) is 0 Å². The Morgan fingerprint density at radius 1 is 1.12 bits per heavy atom. The molecule has 1 fully saturated rings. The van der Waals surface area contributed by atoms with Gasteiger partial charge in [-0.2, -0.15) is 0 Å². The highest BCUT2D eigenvalue weighted by atomic mass is 16.4. The number of nitrogens with two attached hydrogens (primary N) is 2. The van der Waals surface area contributed by atoms with Crippen LogP contribution in [0.1, 0.15) is 72.6 Å². The van der Waals surface area contributed by atoms with Gasteiger partial charge in [0.25, 0.3) is 0 Å². The summed E-state index contributed by atoms with van der Waals surface area (Å²) in [6.45, 7) is 9.67. The third-order valence-electron chi connectivity index (χ3n) is 5.75. The molecule has 0 aliphatic heterocycles. The molecule has 0 unspecified atom stereocenters. The number of hydrogen-bond donors (Lipinski definition) is 4. The van der Waals surface area contributed by atoms with Crippen LogP contribution in [0.5, 0.6) is 0 Å². The van der Waals surface area contributed by atoms with E-state index < -0.39 is 11.9 Å². The summed E-state index contributed by atoms with van der Waals surface area (Å²) >= 11 is 0. The van der Waals surface area contributed by atoms with E-state index in [1.54, 1.807) is 0 Å². The number of carboxylic acids is 2. The molecular formula is C20H40N2O4. The topological polar surface area (TPSA) is 127 Å². The number of hydrogen-bond acceptors (Lipinski definition) is 4. The fraction of sp³-hybridized carbons (Fsp3) is 0.900. The normalized spacial score (nSPS) is 23.6. The van der Waals surface area contributed by atoms with Gasteiger partial charge in [-0.3, -0.25) is 9.59 Å². The van der Waals surface area contributed by atoms with Crippen LogP contribution < -0.4 is 11.5 Å². The Balaban J connectivity index is 0.000000481. The van der Waals surface area contributed by atoms with Gasteiger partial charge in [0, 0.05) is 6.42 Å². The van der Waals surface area contributed by atoms with Crippen LogP contribution >= 0.6 is 0 Å². The second kappa shape index (κ2) is 12.3. The molecule has 6 nitrogen and oxygen atoms in total. The number of carboxylic acid groups (broad SMARTS) is 2. The third kappa shape index (κ3) is 9.53. The van der Waals surface area contributed by atoms with Gasteiger partial charge in [0.05, 0.1) is 6.42 Å². The minimum absolute atomic E-state index is 0.120. The molecule has 26 heavy (non-hydrogen) atoms. The lowest BCUT2D eigenvalue weighted by Crippen LogP contribution is -2.30. The first-order valence-electron chi connectivity index (χ1n) is 9.92. The lowest BCUT2D eigenvalue weighted by Gasteiger charge is -2.25. The van der Waals surface area contributed by atoms with Gasteiger partial charge in [0.1, 0.15) is 0 Å². The molecule has 1 saturated carbocycles. The standard InChI is InChI=1S/C10H19NO2.C10H21NO2/c1-7-3-10(6-11,4-8(7)2)5-9(12)13;1-3-4-8(2)5-9(7-11)6-10(12)13/h7-8H,3-6,11H2,1-2H3,(H,12,13);8-9H,3-7,11H2,1-2H3,(H,12,13)/t7-,8-;8-,9+/m01/s1. The van der Waals surface area contributed by atoms with E-state index in [0.29, 0.717) is 30.8 Å². The smallest absolute Gasteiger partial charge is 0.303 e. The monoisotopic (exact) mass is 372 g/mol. The average Bonchev–Trinajstić information content (AvgIpc) is 2.81. The second-order valence-corrected chi connectivity index (χ2v) is 8.47. The molecule has 0 radical (unpaired) electrons. The third-order valence-corrected chi connectivity index (χ3v) is 5.75. The number of aliphatic carboxylic acids is 2.